The Morgan fingerprint density at radius 3 is 2.12 bits per heavy atom. The van der Waals surface area contributed by atoms with E-state index in [0.29, 0.717) is 6.61 Å². The van der Waals surface area contributed by atoms with Crippen molar-refractivity contribution in [3.05, 3.63) is 60.2 Å². The third-order valence-corrected chi connectivity index (χ3v) is 4.50. The molecule has 126 valence electrons. The highest BCUT2D eigenvalue weighted by Crippen LogP contribution is 2.37. The van der Waals surface area contributed by atoms with Gasteiger partial charge in [0.25, 0.3) is 0 Å². The highest BCUT2D eigenvalue weighted by molar-refractivity contribution is 6.37. The van der Waals surface area contributed by atoms with Gasteiger partial charge >= 0.3 is 7.32 Å². The second-order valence-corrected chi connectivity index (χ2v) is 6.92. The lowest BCUT2D eigenvalue weighted by Crippen LogP contribution is -2.41. The first-order chi connectivity index (χ1) is 11.4. The van der Waals surface area contributed by atoms with Crippen molar-refractivity contribution >= 4 is 7.32 Å². The highest BCUT2D eigenvalue weighted by Gasteiger charge is 2.52. The van der Waals surface area contributed by atoms with Crippen LogP contribution >= 0.6 is 0 Å². The van der Waals surface area contributed by atoms with Crippen LogP contribution in [-0.4, -0.2) is 18.5 Å². The summed E-state index contributed by atoms with van der Waals surface area (Å²) < 4.78 is 23.3. The van der Waals surface area contributed by atoms with Crippen LogP contribution in [0.15, 0.2) is 54.6 Å². The summed E-state index contributed by atoms with van der Waals surface area (Å²) in [5, 5.41) is 0. The summed E-state index contributed by atoms with van der Waals surface area (Å²) in [6, 6.07) is 17.5. The average molecular weight is 326 g/mol. The van der Waals surface area contributed by atoms with E-state index in [9.17, 15) is 0 Å². The van der Waals surface area contributed by atoms with E-state index >= 15 is 0 Å². The zero-order valence-electron chi connectivity index (χ0n) is 14.6. The number of para-hydroxylation sites is 1. The zero-order valence-corrected chi connectivity index (χ0v) is 14.6. The molecule has 0 spiro atoms. The summed E-state index contributed by atoms with van der Waals surface area (Å²) in [6.45, 7) is 8.41. The van der Waals surface area contributed by atoms with Gasteiger partial charge in [-0.15, -0.1) is 0 Å². The van der Waals surface area contributed by atoms with Crippen LogP contribution in [0.25, 0.3) is 0 Å². The summed E-state index contributed by atoms with van der Waals surface area (Å²) in [5.41, 5.74) is 0.212. The van der Waals surface area contributed by atoms with E-state index < -0.39 is 18.5 Å². The largest absolute Gasteiger partial charge is 0.640 e. The standard InChI is InChI=1S/C19H23BO4/c1-18(2)19(3,4)24-20(23-18)21-14-15-9-8-12-17(13-15)22-16-10-6-5-7-11-16/h5-13H,14H2,1-4H3. The molecule has 5 heteroatoms. The van der Waals surface area contributed by atoms with E-state index in [0.717, 1.165) is 17.1 Å². The number of hydrogen-bond acceptors (Lipinski definition) is 4. The van der Waals surface area contributed by atoms with Crippen molar-refractivity contribution in [2.75, 3.05) is 0 Å². The zero-order chi connectivity index (χ0) is 17.2. The minimum Gasteiger partial charge on any atom is -0.457 e. The number of rotatable bonds is 5. The molecule has 0 bridgehead atoms. The monoisotopic (exact) mass is 326 g/mol. The fraction of sp³-hybridized carbons (Fsp3) is 0.368. The molecule has 0 atom stereocenters. The molecular weight excluding hydrogens is 303 g/mol. The van der Waals surface area contributed by atoms with Crippen molar-refractivity contribution in [1.29, 1.82) is 0 Å². The maximum absolute atomic E-state index is 5.84. The molecule has 3 rings (SSSR count). The Morgan fingerprint density at radius 2 is 1.46 bits per heavy atom. The lowest BCUT2D eigenvalue weighted by molar-refractivity contribution is 0.00578. The van der Waals surface area contributed by atoms with E-state index in [1.165, 1.54) is 0 Å². The highest BCUT2D eigenvalue weighted by atomic mass is 16.8. The van der Waals surface area contributed by atoms with E-state index in [-0.39, 0.29) is 0 Å². The third kappa shape index (κ3) is 3.81. The molecule has 0 aliphatic carbocycles. The normalized spacial score (nSPS) is 18.6. The van der Waals surface area contributed by atoms with Crippen molar-refractivity contribution in [2.45, 2.75) is 45.5 Å². The van der Waals surface area contributed by atoms with Crippen LogP contribution in [-0.2, 0) is 20.6 Å². The summed E-state index contributed by atoms with van der Waals surface area (Å²) in [7, 11) is -0.659. The van der Waals surface area contributed by atoms with Gasteiger partial charge in [0.2, 0.25) is 0 Å². The van der Waals surface area contributed by atoms with Gasteiger partial charge in [-0.2, -0.15) is 0 Å². The summed E-state index contributed by atoms with van der Waals surface area (Å²) in [6.07, 6.45) is 0. The first-order valence-corrected chi connectivity index (χ1v) is 8.15. The Kier molecular flexibility index (Phi) is 4.68. The minimum absolute atomic E-state index is 0.392. The van der Waals surface area contributed by atoms with Crippen molar-refractivity contribution < 1.29 is 18.7 Å². The molecule has 1 aliphatic heterocycles. The Balaban J connectivity index is 1.60. The molecule has 4 nitrogen and oxygen atoms in total. The molecule has 0 radical (unpaired) electrons. The first-order valence-electron chi connectivity index (χ1n) is 8.15. The minimum atomic E-state index is -0.659. The van der Waals surface area contributed by atoms with Crippen LogP contribution in [0.2, 0.25) is 0 Å². The lowest BCUT2D eigenvalue weighted by Gasteiger charge is -2.31. The van der Waals surface area contributed by atoms with Crippen LogP contribution in [0.3, 0.4) is 0 Å². The SMILES string of the molecule is CC1(C)OB(OCc2cccc(Oc3ccccc3)c2)OC1(C)C. The summed E-state index contributed by atoms with van der Waals surface area (Å²) >= 11 is 0. The second-order valence-electron chi connectivity index (χ2n) is 6.92. The molecule has 2 aromatic carbocycles. The van der Waals surface area contributed by atoms with Crippen molar-refractivity contribution in [3.8, 4) is 11.5 Å². The number of hydrogen-bond donors (Lipinski definition) is 0. The Morgan fingerprint density at radius 1 is 0.833 bits per heavy atom. The van der Waals surface area contributed by atoms with E-state index in [2.05, 4.69) is 0 Å². The number of benzene rings is 2. The predicted molar refractivity (Wildman–Crippen MR) is 93.8 cm³/mol. The van der Waals surface area contributed by atoms with Gasteiger partial charge in [0.05, 0.1) is 17.8 Å². The fourth-order valence-corrected chi connectivity index (χ4v) is 2.34. The van der Waals surface area contributed by atoms with Crippen LogP contribution in [0, 0.1) is 0 Å². The Bertz CT molecular complexity index is 669. The van der Waals surface area contributed by atoms with E-state index in [4.69, 9.17) is 18.7 Å². The van der Waals surface area contributed by atoms with Gasteiger partial charge in [0.1, 0.15) is 11.5 Å². The first kappa shape index (κ1) is 17.0. The van der Waals surface area contributed by atoms with Gasteiger partial charge in [-0.3, -0.25) is 0 Å². The molecule has 1 fully saturated rings. The van der Waals surface area contributed by atoms with E-state index in [1.54, 1.807) is 0 Å². The molecule has 0 amide bonds. The molecule has 0 N–H and O–H groups in total. The second kappa shape index (κ2) is 6.59. The van der Waals surface area contributed by atoms with Gasteiger partial charge in [0.15, 0.2) is 0 Å². The maximum Gasteiger partial charge on any atom is 0.640 e. The van der Waals surface area contributed by atoms with Gasteiger partial charge < -0.3 is 18.7 Å². The Hall–Kier alpha value is -1.82. The number of ether oxygens (including phenoxy) is 1. The van der Waals surface area contributed by atoms with Crippen LogP contribution in [0.1, 0.15) is 33.3 Å². The molecule has 2 aromatic rings. The van der Waals surface area contributed by atoms with Crippen molar-refractivity contribution in [2.24, 2.45) is 0 Å². The van der Waals surface area contributed by atoms with Gasteiger partial charge in [0, 0.05) is 0 Å². The Labute approximate surface area is 143 Å². The fourth-order valence-electron chi connectivity index (χ4n) is 2.34. The molecule has 1 heterocycles. The van der Waals surface area contributed by atoms with Gasteiger partial charge in [-0.1, -0.05) is 30.3 Å². The quantitative estimate of drug-likeness (QED) is 0.754. The summed E-state index contributed by atoms with van der Waals surface area (Å²) in [5.74, 6) is 1.58. The van der Waals surface area contributed by atoms with Crippen molar-refractivity contribution in [3.63, 3.8) is 0 Å². The predicted octanol–water partition coefficient (Wildman–Crippen LogP) is 4.58. The van der Waals surface area contributed by atoms with Crippen LogP contribution in [0.5, 0.6) is 11.5 Å². The van der Waals surface area contributed by atoms with Gasteiger partial charge in [-0.05, 0) is 57.5 Å². The molecule has 0 saturated carbocycles. The molecule has 0 aromatic heterocycles. The summed E-state index contributed by atoms with van der Waals surface area (Å²) in [4.78, 5) is 0. The maximum atomic E-state index is 5.84. The van der Waals surface area contributed by atoms with Crippen LogP contribution < -0.4 is 4.74 Å². The lowest BCUT2D eigenvalue weighted by atomic mass is 9.90. The smallest absolute Gasteiger partial charge is 0.457 e. The van der Waals surface area contributed by atoms with Gasteiger partial charge in [-0.25, -0.2) is 0 Å². The average Bonchev–Trinajstić information content (AvgIpc) is 2.74. The molecule has 0 unspecified atom stereocenters. The molecule has 24 heavy (non-hydrogen) atoms. The van der Waals surface area contributed by atoms with Crippen LogP contribution in [0.4, 0.5) is 0 Å². The third-order valence-electron chi connectivity index (χ3n) is 4.50. The molecule has 1 aliphatic rings. The molecule has 1 saturated heterocycles. The van der Waals surface area contributed by atoms with E-state index in [1.807, 2.05) is 82.3 Å². The molecular formula is C19H23BO4. The van der Waals surface area contributed by atoms with Crippen molar-refractivity contribution in [1.82, 2.24) is 0 Å². The topological polar surface area (TPSA) is 36.9 Å².